The molecule has 0 radical (unpaired) electrons. The number of allylic oxidation sites excluding steroid dienone is 2. The van der Waals surface area contributed by atoms with Gasteiger partial charge in [-0.3, -0.25) is 4.90 Å². The van der Waals surface area contributed by atoms with E-state index in [1.807, 2.05) is 4.90 Å². The number of unbranched alkanes of at least 4 members (excludes halogenated alkanes) is 8. The molecule has 0 N–H and O–H groups in total. The second-order valence-corrected chi connectivity index (χ2v) is 8.08. The van der Waals surface area contributed by atoms with Gasteiger partial charge in [-0.25, -0.2) is 0 Å². The summed E-state index contributed by atoms with van der Waals surface area (Å²) >= 11 is 0. The summed E-state index contributed by atoms with van der Waals surface area (Å²) in [5.74, 6) is -0.261. The van der Waals surface area contributed by atoms with Crippen LogP contribution in [0.5, 0.6) is 0 Å². The molecule has 2 unspecified atom stereocenters. The Kier molecular flexibility index (Phi) is 22.5. The summed E-state index contributed by atoms with van der Waals surface area (Å²) in [6.45, 7) is 10.3. The van der Waals surface area contributed by atoms with Gasteiger partial charge in [0, 0.05) is 19.6 Å². The van der Waals surface area contributed by atoms with Crippen molar-refractivity contribution in [2.24, 2.45) is 11.8 Å². The molecule has 0 bridgehead atoms. The van der Waals surface area contributed by atoms with E-state index in [0.717, 1.165) is 25.9 Å². The van der Waals surface area contributed by atoms with Crippen molar-refractivity contribution in [1.29, 1.82) is 0 Å². The fourth-order valence-electron chi connectivity index (χ4n) is 3.36. The molecule has 0 saturated heterocycles. The SMILES string of the molecule is CCCCCC/C=C/C(C)CN(CC(=O)[O-])CC(C)/C=C/CCCCCC.[Li+]. The number of carboxylic acid groups (broad SMARTS) is 1. The van der Waals surface area contributed by atoms with Gasteiger partial charge in [0.25, 0.3) is 0 Å². The summed E-state index contributed by atoms with van der Waals surface area (Å²) in [6.07, 6.45) is 21.5. The van der Waals surface area contributed by atoms with Gasteiger partial charge in [0.1, 0.15) is 0 Å². The van der Waals surface area contributed by atoms with Crippen LogP contribution in [-0.2, 0) is 4.79 Å². The Morgan fingerprint density at radius 3 is 1.61 bits per heavy atom. The van der Waals surface area contributed by atoms with E-state index in [-0.39, 0.29) is 25.4 Å². The van der Waals surface area contributed by atoms with Crippen LogP contribution in [0.15, 0.2) is 24.3 Å². The van der Waals surface area contributed by atoms with Gasteiger partial charge < -0.3 is 9.90 Å². The quantitative estimate of drug-likeness (QED) is 0.207. The van der Waals surface area contributed by atoms with E-state index >= 15 is 0 Å². The van der Waals surface area contributed by atoms with Crippen molar-refractivity contribution >= 4 is 5.97 Å². The molecular weight excluding hydrogens is 341 g/mol. The average molecular weight is 386 g/mol. The summed E-state index contributed by atoms with van der Waals surface area (Å²) in [5, 5.41) is 11.1. The fraction of sp³-hybridized carbons (Fsp3) is 0.792. The first-order valence-electron chi connectivity index (χ1n) is 11.2. The Bertz CT molecular complexity index is 379. The van der Waals surface area contributed by atoms with Gasteiger partial charge in [0.15, 0.2) is 0 Å². The summed E-state index contributed by atoms with van der Waals surface area (Å²) < 4.78 is 0. The minimum absolute atomic E-state index is 0. The van der Waals surface area contributed by atoms with Crippen LogP contribution in [0, 0.1) is 11.8 Å². The van der Waals surface area contributed by atoms with Crippen molar-refractivity contribution in [2.75, 3.05) is 19.6 Å². The topological polar surface area (TPSA) is 43.4 Å². The summed E-state index contributed by atoms with van der Waals surface area (Å²) in [7, 11) is 0. The molecule has 0 fully saturated rings. The summed E-state index contributed by atoms with van der Waals surface area (Å²) in [6, 6.07) is 0. The van der Waals surface area contributed by atoms with Gasteiger partial charge in [0.2, 0.25) is 0 Å². The van der Waals surface area contributed by atoms with E-state index in [4.69, 9.17) is 0 Å². The summed E-state index contributed by atoms with van der Waals surface area (Å²) in [4.78, 5) is 13.1. The number of carbonyl (C=O) groups excluding carboxylic acids is 1. The number of nitrogens with zero attached hydrogens (tertiary/aromatic N) is 1. The molecule has 3 nitrogen and oxygen atoms in total. The predicted octanol–water partition coefficient (Wildman–Crippen LogP) is 2.37. The van der Waals surface area contributed by atoms with Crippen molar-refractivity contribution in [1.82, 2.24) is 4.90 Å². The maximum atomic E-state index is 11.1. The molecule has 0 spiro atoms. The number of hydrogen-bond donors (Lipinski definition) is 0. The number of carboxylic acids is 1. The third kappa shape index (κ3) is 20.2. The van der Waals surface area contributed by atoms with Gasteiger partial charge in [-0.1, -0.05) is 90.5 Å². The standard InChI is InChI=1S/C24H45NO2.Li/c1-5-7-9-11-13-15-17-22(3)19-25(21-24(26)27)20-23(4)18-16-14-12-10-8-6-2;/h15-18,22-23H,5-14,19-21H2,1-4H3,(H,26,27);/q;+1/p-1/b17-15+,18-16+;. The van der Waals surface area contributed by atoms with Gasteiger partial charge in [-0.15, -0.1) is 0 Å². The largest absolute Gasteiger partial charge is 1.00 e. The van der Waals surface area contributed by atoms with Gasteiger partial charge in [-0.2, -0.15) is 0 Å². The molecule has 0 aromatic carbocycles. The molecule has 0 saturated carbocycles. The summed E-state index contributed by atoms with van der Waals surface area (Å²) in [5.41, 5.74) is 0. The third-order valence-electron chi connectivity index (χ3n) is 4.82. The predicted molar refractivity (Wildman–Crippen MR) is 116 cm³/mol. The number of rotatable bonds is 18. The van der Waals surface area contributed by atoms with E-state index in [9.17, 15) is 9.90 Å². The zero-order chi connectivity index (χ0) is 20.3. The molecule has 0 amide bonds. The second-order valence-electron chi connectivity index (χ2n) is 8.08. The monoisotopic (exact) mass is 385 g/mol. The zero-order valence-corrected chi connectivity index (χ0v) is 19.4. The van der Waals surface area contributed by atoms with E-state index in [1.54, 1.807) is 0 Å². The van der Waals surface area contributed by atoms with Crippen LogP contribution >= 0.6 is 0 Å². The molecule has 2 atom stereocenters. The minimum atomic E-state index is -0.985. The van der Waals surface area contributed by atoms with Crippen LogP contribution in [0.1, 0.15) is 91.9 Å². The Labute approximate surface area is 187 Å². The van der Waals surface area contributed by atoms with Crippen LogP contribution in [0.2, 0.25) is 0 Å². The van der Waals surface area contributed by atoms with Gasteiger partial charge >= 0.3 is 18.9 Å². The van der Waals surface area contributed by atoms with Gasteiger partial charge in [-0.05, 0) is 37.5 Å². The van der Waals surface area contributed by atoms with Crippen LogP contribution in [0.4, 0.5) is 0 Å². The number of aliphatic carboxylic acids is 1. The number of hydrogen-bond acceptors (Lipinski definition) is 3. The fourth-order valence-corrected chi connectivity index (χ4v) is 3.36. The first kappa shape index (κ1) is 29.7. The minimum Gasteiger partial charge on any atom is -0.549 e. The Balaban J connectivity index is 0. The van der Waals surface area contributed by atoms with Crippen molar-refractivity contribution in [2.45, 2.75) is 91.9 Å². The molecule has 4 heteroatoms. The first-order chi connectivity index (χ1) is 13.0. The van der Waals surface area contributed by atoms with Crippen LogP contribution in [0.25, 0.3) is 0 Å². The molecule has 0 aromatic rings. The molecule has 0 aromatic heterocycles. The first-order valence-corrected chi connectivity index (χ1v) is 11.2. The third-order valence-corrected chi connectivity index (χ3v) is 4.82. The Morgan fingerprint density at radius 2 is 1.25 bits per heavy atom. The molecule has 158 valence electrons. The Hall–Kier alpha value is -0.493. The second kappa shape index (κ2) is 21.2. The van der Waals surface area contributed by atoms with Crippen molar-refractivity contribution in [3.05, 3.63) is 24.3 Å². The van der Waals surface area contributed by atoms with Crippen molar-refractivity contribution in [3.63, 3.8) is 0 Å². The smallest absolute Gasteiger partial charge is 0.549 e. The number of carbonyl (C=O) groups is 1. The molecule has 0 aliphatic rings. The van der Waals surface area contributed by atoms with Crippen molar-refractivity contribution < 1.29 is 28.8 Å². The zero-order valence-electron chi connectivity index (χ0n) is 19.4. The molecule has 28 heavy (non-hydrogen) atoms. The van der Waals surface area contributed by atoms with Crippen LogP contribution < -0.4 is 24.0 Å². The van der Waals surface area contributed by atoms with E-state index in [0.29, 0.717) is 11.8 Å². The van der Waals surface area contributed by atoms with Crippen LogP contribution in [0.3, 0.4) is 0 Å². The maximum Gasteiger partial charge on any atom is 1.00 e. The normalized spacial score (nSPS) is 13.9. The van der Waals surface area contributed by atoms with E-state index < -0.39 is 5.97 Å². The van der Waals surface area contributed by atoms with Gasteiger partial charge in [0.05, 0.1) is 5.97 Å². The molecule has 0 heterocycles. The Morgan fingerprint density at radius 1 is 0.821 bits per heavy atom. The van der Waals surface area contributed by atoms with E-state index in [1.165, 1.54) is 51.4 Å². The van der Waals surface area contributed by atoms with E-state index in [2.05, 4.69) is 52.0 Å². The average Bonchev–Trinajstić information content (AvgIpc) is 2.60. The molecule has 0 aliphatic carbocycles. The molecular formula is C24H44LiNO2. The van der Waals surface area contributed by atoms with Crippen molar-refractivity contribution in [3.8, 4) is 0 Å². The molecule has 0 aliphatic heterocycles. The molecule has 0 rings (SSSR count). The maximum absolute atomic E-state index is 11.1. The van der Waals surface area contributed by atoms with Crippen LogP contribution in [-0.4, -0.2) is 30.5 Å².